The Labute approximate surface area is 169 Å². The van der Waals surface area contributed by atoms with Crippen LogP contribution in [-0.4, -0.2) is 17.0 Å². The first-order valence-corrected chi connectivity index (χ1v) is 11.5. The van der Waals surface area contributed by atoms with Crippen LogP contribution in [-0.2, 0) is 9.59 Å². The molecule has 0 rings (SSSR count). The highest BCUT2D eigenvalue weighted by Gasteiger charge is 1.97. The summed E-state index contributed by atoms with van der Waals surface area (Å²) in [4.78, 5) is 19.0. The number of carboxylic acid groups (broad SMARTS) is 1. The number of carbonyl (C=O) groups excluding carboxylic acids is 1. The fourth-order valence-electron chi connectivity index (χ4n) is 3.35. The van der Waals surface area contributed by atoms with Gasteiger partial charge in [0.05, 0.1) is 0 Å². The molecule has 0 saturated heterocycles. The molecule has 0 spiro atoms. The highest BCUT2D eigenvalue weighted by molar-refractivity contribution is 5.66. The average Bonchev–Trinajstić information content (AvgIpc) is 2.64. The van der Waals surface area contributed by atoms with Gasteiger partial charge in [-0.1, -0.05) is 122 Å². The van der Waals surface area contributed by atoms with Crippen molar-refractivity contribution >= 4 is 11.9 Å². The van der Waals surface area contributed by atoms with Gasteiger partial charge in [-0.2, -0.15) is 0 Å². The molecule has 0 heterocycles. The van der Waals surface area contributed by atoms with Gasteiger partial charge in [0, 0.05) is 6.42 Å². The predicted molar refractivity (Wildman–Crippen MR) is 117 cm³/mol. The monoisotopic (exact) mass is 382 g/mol. The van der Waals surface area contributed by atoms with E-state index in [4.69, 9.17) is 9.90 Å². The van der Waals surface area contributed by atoms with Crippen LogP contribution >= 0.6 is 0 Å². The van der Waals surface area contributed by atoms with Gasteiger partial charge >= 0.3 is 5.97 Å². The fourth-order valence-corrected chi connectivity index (χ4v) is 3.35. The SMILES string of the molecule is C=C=O.CCCCCCCCCCCCCCCCCCCCCC(=O)O. The van der Waals surface area contributed by atoms with Crippen molar-refractivity contribution in [2.24, 2.45) is 0 Å². The Balaban J connectivity index is 0. The van der Waals surface area contributed by atoms with Gasteiger partial charge in [-0.15, -0.1) is 0 Å². The number of aliphatic carboxylic acids is 1. The van der Waals surface area contributed by atoms with E-state index in [-0.39, 0.29) is 0 Å². The molecule has 0 bridgehead atoms. The highest BCUT2D eigenvalue weighted by Crippen LogP contribution is 2.14. The van der Waals surface area contributed by atoms with Crippen LogP contribution < -0.4 is 0 Å². The van der Waals surface area contributed by atoms with Gasteiger partial charge in [-0.05, 0) is 13.0 Å². The zero-order valence-electron chi connectivity index (χ0n) is 18.1. The molecule has 0 aromatic heterocycles. The third-order valence-corrected chi connectivity index (χ3v) is 4.99. The molecule has 1 N–H and O–H groups in total. The van der Waals surface area contributed by atoms with Crippen LogP contribution in [0.2, 0.25) is 0 Å². The lowest BCUT2D eigenvalue weighted by Crippen LogP contribution is -1.93. The number of carbonyl (C=O) groups is 1. The van der Waals surface area contributed by atoms with Crippen molar-refractivity contribution < 1.29 is 14.7 Å². The number of rotatable bonds is 20. The third kappa shape index (κ3) is 33.0. The molecule has 0 aliphatic heterocycles. The van der Waals surface area contributed by atoms with E-state index < -0.39 is 5.97 Å². The predicted octanol–water partition coefficient (Wildman–Crippen LogP) is 7.90. The lowest BCUT2D eigenvalue weighted by Gasteiger charge is -2.03. The summed E-state index contributed by atoms with van der Waals surface area (Å²) in [7, 11) is 0. The summed E-state index contributed by atoms with van der Waals surface area (Å²) in [6.07, 6.45) is 26.1. The van der Waals surface area contributed by atoms with Crippen LogP contribution in [0, 0.1) is 0 Å². The van der Waals surface area contributed by atoms with Gasteiger partial charge in [-0.3, -0.25) is 4.79 Å². The van der Waals surface area contributed by atoms with Crippen LogP contribution in [0.5, 0.6) is 0 Å². The Morgan fingerprint density at radius 2 is 0.852 bits per heavy atom. The molecular formula is C24H46O3. The van der Waals surface area contributed by atoms with Gasteiger partial charge in [0.2, 0.25) is 0 Å². The van der Waals surface area contributed by atoms with E-state index in [0.29, 0.717) is 6.42 Å². The second kappa shape index (κ2) is 27.1. The zero-order valence-corrected chi connectivity index (χ0v) is 18.1. The van der Waals surface area contributed by atoms with E-state index in [0.717, 1.165) is 12.8 Å². The fraction of sp³-hybridized carbons (Fsp3) is 0.875. The molecular weight excluding hydrogens is 336 g/mol. The first-order chi connectivity index (χ1) is 13.2. The highest BCUT2D eigenvalue weighted by atomic mass is 16.4. The molecule has 0 amide bonds. The van der Waals surface area contributed by atoms with Crippen molar-refractivity contribution in [1.82, 2.24) is 0 Å². The topological polar surface area (TPSA) is 54.4 Å². The molecule has 160 valence electrons. The second-order valence-electron chi connectivity index (χ2n) is 7.65. The van der Waals surface area contributed by atoms with Crippen molar-refractivity contribution in [3.8, 4) is 0 Å². The summed E-state index contributed by atoms with van der Waals surface area (Å²) in [6, 6.07) is 0. The first kappa shape index (κ1) is 28.1. The van der Waals surface area contributed by atoms with Crippen LogP contribution in [0.1, 0.15) is 135 Å². The van der Waals surface area contributed by atoms with Crippen molar-refractivity contribution in [3.05, 3.63) is 6.58 Å². The van der Waals surface area contributed by atoms with Crippen LogP contribution in [0.25, 0.3) is 0 Å². The van der Waals surface area contributed by atoms with E-state index in [1.165, 1.54) is 115 Å². The summed E-state index contributed by atoms with van der Waals surface area (Å²) in [5.41, 5.74) is 0. The van der Waals surface area contributed by atoms with E-state index in [1.54, 1.807) is 0 Å². The van der Waals surface area contributed by atoms with Gasteiger partial charge < -0.3 is 5.11 Å². The average molecular weight is 383 g/mol. The van der Waals surface area contributed by atoms with Crippen LogP contribution in [0.15, 0.2) is 6.58 Å². The Morgan fingerprint density at radius 3 is 1.07 bits per heavy atom. The van der Waals surface area contributed by atoms with Gasteiger partial charge in [0.1, 0.15) is 5.94 Å². The summed E-state index contributed by atoms with van der Waals surface area (Å²) in [5.74, 6) is 0.599. The molecule has 3 nitrogen and oxygen atoms in total. The first-order valence-electron chi connectivity index (χ1n) is 11.5. The number of hydrogen-bond acceptors (Lipinski definition) is 2. The minimum atomic E-state index is -0.651. The Hall–Kier alpha value is -1.08. The van der Waals surface area contributed by atoms with Crippen LogP contribution in [0.4, 0.5) is 0 Å². The van der Waals surface area contributed by atoms with E-state index >= 15 is 0 Å². The van der Waals surface area contributed by atoms with Crippen molar-refractivity contribution in [1.29, 1.82) is 0 Å². The maximum absolute atomic E-state index is 10.4. The minimum absolute atomic E-state index is 0.346. The largest absolute Gasteiger partial charge is 0.481 e. The van der Waals surface area contributed by atoms with Gasteiger partial charge in [-0.25, -0.2) is 4.79 Å². The Kier molecular flexibility index (Phi) is 28.3. The molecule has 3 heteroatoms. The normalized spacial score (nSPS) is 10.1. The molecule has 0 aliphatic carbocycles. The lowest BCUT2D eigenvalue weighted by molar-refractivity contribution is -0.137. The second-order valence-corrected chi connectivity index (χ2v) is 7.65. The Morgan fingerprint density at radius 1 is 0.630 bits per heavy atom. The van der Waals surface area contributed by atoms with E-state index in [2.05, 4.69) is 13.5 Å². The molecule has 0 aromatic rings. The summed E-state index contributed by atoms with van der Waals surface area (Å²) in [5, 5.41) is 8.56. The van der Waals surface area contributed by atoms with Crippen molar-refractivity contribution in [3.63, 3.8) is 0 Å². The molecule has 0 radical (unpaired) electrons. The van der Waals surface area contributed by atoms with Crippen molar-refractivity contribution in [2.75, 3.05) is 0 Å². The summed E-state index contributed by atoms with van der Waals surface area (Å²) < 4.78 is 0. The maximum Gasteiger partial charge on any atom is 0.303 e. The number of unbranched alkanes of at least 4 members (excludes halogenated alkanes) is 18. The molecule has 0 aliphatic rings. The quantitative estimate of drug-likeness (QED) is 0.172. The smallest absolute Gasteiger partial charge is 0.303 e. The number of hydrogen-bond donors (Lipinski definition) is 1. The minimum Gasteiger partial charge on any atom is -0.481 e. The van der Waals surface area contributed by atoms with E-state index in [9.17, 15) is 4.79 Å². The molecule has 0 saturated carbocycles. The molecule has 0 aromatic carbocycles. The van der Waals surface area contributed by atoms with Crippen LogP contribution in [0.3, 0.4) is 0 Å². The summed E-state index contributed by atoms with van der Waals surface area (Å²) in [6.45, 7) is 4.96. The van der Waals surface area contributed by atoms with E-state index in [1.807, 2.05) is 0 Å². The zero-order chi connectivity index (χ0) is 20.4. The molecule has 0 fully saturated rings. The Bertz CT molecular complexity index is 320. The number of carboxylic acids is 1. The molecule has 27 heavy (non-hydrogen) atoms. The van der Waals surface area contributed by atoms with Gasteiger partial charge in [0.15, 0.2) is 0 Å². The molecule has 0 unspecified atom stereocenters. The van der Waals surface area contributed by atoms with Gasteiger partial charge in [0.25, 0.3) is 0 Å². The lowest BCUT2D eigenvalue weighted by atomic mass is 10.0. The van der Waals surface area contributed by atoms with Crippen molar-refractivity contribution in [2.45, 2.75) is 135 Å². The third-order valence-electron chi connectivity index (χ3n) is 4.99. The summed E-state index contributed by atoms with van der Waals surface area (Å²) >= 11 is 0. The standard InChI is InChI=1S/C22H44O2.C2H2O/c1-2-3-4-5-6-7-8-9-10-11-12-13-14-15-16-17-18-19-20-21-22(23)24;1-2-3/h2-21H2,1H3,(H,23,24);1H2. The maximum atomic E-state index is 10.4. The molecule has 0 atom stereocenters.